The van der Waals surface area contributed by atoms with Gasteiger partial charge in [0, 0.05) is 6.04 Å². The predicted molar refractivity (Wildman–Crippen MR) is 112 cm³/mol. The van der Waals surface area contributed by atoms with E-state index in [0.717, 1.165) is 16.7 Å². The van der Waals surface area contributed by atoms with Gasteiger partial charge in [-0.1, -0.05) is 91.0 Å². The summed E-state index contributed by atoms with van der Waals surface area (Å²) < 4.78 is 0. The molecule has 144 valence electrons. The number of rotatable bonds is 8. The quantitative estimate of drug-likeness (QED) is 0.505. The Morgan fingerprint density at radius 2 is 1.21 bits per heavy atom. The fourth-order valence-electron chi connectivity index (χ4n) is 3.63. The number of amides is 1. The highest BCUT2D eigenvalue weighted by Gasteiger charge is 2.35. The van der Waals surface area contributed by atoms with E-state index in [4.69, 9.17) is 5.11 Å². The fraction of sp³-hybridized carbons (Fsp3) is 0.208. The van der Waals surface area contributed by atoms with Crippen LogP contribution in [0.3, 0.4) is 0 Å². The first-order chi connectivity index (χ1) is 13.6. The normalized spacial score (nSPS) is 12.3. The standard InChI is InChI=1S/C24H26N2O2/c1-19(26-23(27)28)17-18-25-24(20-11-5-2-6-12-20,21-13-7-3-8-14-21)22-15-9-4-10-16-22/h2-16,19,25-26H,17-18H2,1H3,(H,27,28). The Bertz CT molecular complexity index is 770. The molecule has 3 aromatic carbocycles. The number of nitrogens with one attached hydrogen (secondary N) is 2. The molecule has 0 radical (unpaired) electrons. The minimum atomic E-state index is -0.993. The molecule has 0 saturated carbocycles. The van der Waals surface area contributed by atoms with E-state index in [1.54, 1.807) is 0 Å². The molecule has 0 saturated heterocycles. The second kappa shape index (κ2) is 9.20. The number of hydrogen-bond donors (Lipinski definition) is 3. The van der Waals surface area contributed by atoms with Crippen molar-refractivity contribution in [3.05, 3.63) is 108 Å². The summed E-state index contributed by atoms with van der Waals surface area (Å²) >= 11 is 0. The molecule has 0 aliphatic rings. The number of benzene rings is 3. The Morgan fingerprint density at radius 3 is 1.57 bits per heavy atom. The van der Waals surface area contributed by atoms with E-state index in [2.05, 4.69) is 47.0 Å². The lowest BCUT2D eigenvalue weighted by atomic mass is 9.77. The zero-order valence-electron chi connectivity index (χ0n) is 16.0. The van der Waals surface area contributed by atoms with Gasteiger partial charge in [-0.15, -0.1) is 0 Å². The molecule has 0 spiro atoms. The van der Waals surface area contributed by atoms with Gasteiger partial charge in [-0.05, 0) is 36.6 Å². The molecule has 1 atom stereocenters. The van der Waals surface area contributed by atoms with Gasteiger partial charge in [0.05, 0.1) is 5.54 Å². The fourth-order valence-corrected chi connectivity index (χ4v) is 3.63. The van der Waals surface area contributed by atoms with Gasteiger partial charge in [-0.3, -0.25) is 5.32 Å². The van der Waals surface area contributed by atoms with Crippen molar-refractivity contribution in [1.82, 2.24) is 10.6 Å². The zero-order chi connectivity index (χ0) is 19.8. The molecule has 0 bridgehead atoms. The molecular formula is C24H26N2O2. The molecule has 0 aliphatic carbocycles. The van der Waals surface area contributed by atoms with E-state index in [0.29, 0.717) is 13.0 Å². The molecule has 0 heterocycles. The van der Waals surface area contributed by atoms with Crippen LogP contribution >= 0.6 is 0 Å². The third-order valence-corrected chi connectivity index (χ3v) is 4.96. The molecule has 0 fully saturated rings. The second-order valence-electron chi connectivity index (χ2n) is 6.91. The Hall–Kier alpha value is -3.11. The molecule has 3 aromatic rings. The number of hydrogen-bond acceptors (Lipinski definition) is 2. The molecule has 1 unspecified atom stereocenters. The van der Waals surface area contributed by atoms with E-state index in [1.165, 1.54) is 0 Å². The van der Waals surface area contributed by atoms with Gasteiger partial charge in [0.2, 0.25) is 0 Å². The Labute approximate surface area is 166 Å². The maximum Gasteiger partial charge on any atom is 0.404 e. The molecular weight excluding hydrogens is 348 g/mol. The molecule has 4 heteroatoms. The summed E-state index contributed by atoms with van der Waals surface area (Å²) in [4.78, 5) is 10.9. The summed E-state index contributed by atoms with van der Waals surface area (Å²) in [6, 6.07) is 31.0. The van der Waals surface area contributed by atoms with Crippen LogP contribution in [0.4, 0.5) is 4.79 Å². The third kappa shape index (κ3) is 4.41. The van der Waals surface area contributed by atoms with Gasteiger partial charge in [0.15, 0.2) is 0 Å². The first-order valence-electron chi connectivity index (χ1n) is 9.54. The molecule has 0 aliphatic heterocycles. The van der Waals surface area contributed by atoms with Crippen LogP contribution in [0, 0.1) is 0 Å². The topological polar surface area (TPSA) is 61.4 Å². The van der Waals surface area contributed by atoms with Crippen molar-refractivity contribution in [2.45, 2.75) is 24.9 Å². The van der Waals surface area contributed by atoms with Crippen LogP contribution in [0.1, 0.15) is 30.0 Å². The lowest BCUT2D eigenvalue weighted by molar-refractivity contribution is 0.190. The summed E-state index contributed by atoms with van der Waals surface area (Å²) in [6.45, 7) is 2.53. The van der Waals surface area contributed by atoms with Crippen molar-refractivity contribution >= 4 is 6.09 Å². The first kappa shape index (κ1) is 19.6. The van der Waals surface area contributed by atoms with Gasteiger partial charge in [0.1, 0.15) is 0 Å². The third-order valence-electron chi connectivity index (χ3n) is 4.96. The monoisotopic (exact) mass is 374 g/mol. The van der Waals surface area contributed by atoms with Crippen LogP contribution in [-0.2, 0) is 5.54 Å². The average Bonchev–Trinajstić information content (AvgIpc) is 2.73. The van der Waals surface area contributed by atoms with Gasteiger partial charge in [0.25, 0.3) is 0 Å². The van der Waals surface area contributed by atoms with Crippen LogP contribution in [0.5, 0.6) is 0 Å². The lowest BCUT2D eigenvalue weighted by Crippen LogP contribution is -2.46. The largest absolute Gasteiger partial charge is 0.465 e. The minimum absolute atomic E-state index is 0.134. The molecule has 4 nitrogen and oxygen atoms in total. The maximum absolute atomic E-state index is 10.9. The van der Waals surface area contributed by atoms with Crippen LogP contribution < -0.4 is 10.6 Å². The second-order valence-corrected chi connectivity index (χ2v) is 6.91. The first-order valence-corrected chi connectivity index (χ1v) is 9.54. The van der Waals surface area contributed by atoms with E-state index >= 15 is 0 Å². The molecule has 1 amide bonds. The Morgan fingerprint density at radius 1 is 0.821 bits per heavy atom. The lowest BCUT2D eigenvalue weighted by Gasteiger charge is -2.37. The molecule has 0 aromatic heterocycles. The molecule has 28 heavy (non-hydrogen) atoms. The van der Waals surface area contributed by atoms with Crippen molar-refractivity contribution in [2.24, 2.45) is 0 Å². The highest BCUT2D eigenvalue weighted by molar-refractivity contribution is 5.64. The SMILES string of the molecule is CC(CCNC(c1ccccc1)(c1ccccc1)c1ccccc1)NC(=O)O. The van der Waals surface area contributed by atoms with Crippen molar-refractivity contribution in [2.75, 3.05) is 6.54 Å². The molecule has 3 N–H and O–H groups in total. The predicted octanol–water partition coefficient (Wildman–Crippen LogP) is 4.61. The van der Waals surface area contributed by atoms with Crippen molar-refractivity contribution in [3.63, 3.8) is 0 Å². The van der Waals surface area contributed by atoms with Crippen LogP contribution in [-0.4, -0.2) is 23.8 Å². The van der Waals surface area contributed by atoms with Crippen LogP contribution in [0.2, 0.25) is 0 Å². The van der Waals surface area contributed by atoms with E-state index in [-0.39, 0.29) is 6.04 Å². The highest BCUT2D eigenvalue weighted by Crippen LogP contribution is 2.36. The smallest absolute Gasteiger partial charge is 0.404 e. The summed E-state index contributed by atoms with van der Waals surface area (Å²) in [5, 5.41) is 15.2. The van der Waals surface area contributed by atoms with Crippen LogP contribution in [0.25, 0.3) is 0 Å². The van der Waals surface area contributed by atoms with Gasteiger partial charge in [-0.2, -0.15) is 0 Å². The number of carbonyl (C=O) groups is 1. The average molecular weight is 374 g/mol. The highest BCUT2D eigenvalue weighted by atomic mass is 16.4. The molecule has 3 rings (SSSR count). The van der Waals surface area contributed by atoms with Crippen molar-refractivity contribution in [3.8, 4) is 0 Å². The van der Waals surface area contributed by atoms with E-state index < -0.39 is 11.6 Å². The van der Waals surface area contributed by atoms with Gasteiger partial charge in [-0.25, -0.2) is 4.79 Å². The summed E-state index contributed by atoms with van der Waals surface area (Å²) in [6.07, 6.45) is -0.312. The summed E-state index contributed by atoms with van der Waals surface area (Å²) in [5.41, 5.74) is 2.91. The zero-order valence-corrected chi connectivity index (χ0v) is 16.0. The van der Waals surface area contributed by atoms with Crippen molar-refractivity contribution < 1.29 is 9.90 Å². The van der Waals surface area contributed by atoms with Gasteiger partial charge < -0.3 is 10.4 Å². The summed E-state index contributed by atoms with van der Waals surface area (Å²) in [7, 11) is 0. The van der Waals surface area contributed by atoms with E-state index in [1.807, 2.05) is 61.5 Å². The van der Waals surface area contributed by atoms with Gasteiger partial charge >= 0.3 is 6.09 Å². The summed E-state index contributed by atoms with van der Waals surface area (Å²) in [5.74, 6) is 0. The van der Waals surface area contributed by atoms with E-state index in [9.17, 15) is 4.79 Å². The Kier molecular flexibility index (Phi) is 6.45. The van der Waals surface area contributed by atoms with Crippen molar-refractivity contribution in [1.29, 1.82) is 0 Å². The Balaban J connectivity index is 2.03. The minimum Gasteiger partial charge on any atom is -0.465 e. The number of carboxylic acid groups (broad SMARTS) is 1. The maximum atomic E-state index is 10.9. The van der Waals surface area contributed by atoms with Crippen LogP contribution in [0.15, 0.2) is 91.0 Å².